The van der Waals surface area contributed by atoms with Crippen LogP contribution in [0.4, 0.5) is 0 Å². The van der Waals surface area contributed by atoms with Crippen molar-refractivity contribution in [3.05, 3.63) is 144 Å². The lowest BCUT2D eigenvalue weighted by molar-refractivity contribution is 0.0723. The second-order valence-corrected chi connectivity index (χ2v) is 14.2. The first-order chi connectivity index (χ1) is 28.7. The highest BCUT2D eigenvalue weighted by Crippen LogP contribution is 2.24. The van der Waals surface area contributed by atoms with Gasteiger partial charge in [0.05, 0.1) is 35.0 Å². The number of hydrogen-bond acceptors (Lipinski definition) is 10. The highest BCUT2D eigenvalue weighted by atomic mass is 16.6. The topological polar surface area (TPSA) is 124 Å². The van der Waals surface area contributed by atoms with Gasteiger partial charge < -0.3 is 28.4 Å². The maximum Gasteiger partial charge on any atom is 0.343 e. The van der Waals surface area contributed by atoms with Gasteiger partial charge in [-0.1, -0.05) is 64.9 Å². The zero-order chi connectivity index (χ0) is 41.8. The van der Waals surface area contributed by atoms with E-state index in [0.29, 0.717) is 29.2 Å². The first kappa shape index (κ1) is 43.7. The third-order valence-corrected chi connectivity index (χ3v) is 9.33. The number of esters is 4. The quantitative estimate of drug-likeness (QED) is 0.0379. The van der Waals surface area contributed by atoms with Gasteiger partial charge in [-0.3, -0.25) is 0 Å². The van der Waals surface area contributed by atoms with Gasteiger partial charge >= 0.3 is 23.9 Å². The minimum absolute atomic E-state index is 0.0825. The van der Waals surface area contributed by atoms with E-state index < -0.39 is 23.9 Å². The molecular weight excluding hydrogens is 749 g/mol. The molecule has 0 aliphatic heterocycles. The van der Waals surface area contributed by atoms with Gasteiger partial charge in [-0.25, -0.2) is 19.2 Å². The molecule has 308 valence electrons. The van der Waals surface area contributed by atoms with Crippen LogP contribution in [0.3, 0.4) is 0 Å². The summed E-state index contributed by atoms with van der Waals surface area (Å²) in [5.74, 6) is -0.215. The molecule has 5 rings (SSSR count). The van der Waals surface area contributed by atoms with E-state index in [4.69, 9.17) is 28.4 Å². The van der Waals surface area contributed by atoms with Crippen LogP contribution in [0.5, 0.6) is 34.5 Å². The number of unbranched alkanes of at least 4 members (excludes halogenated alkanes) is 7. The molecule has 0 aliphatic carbocycles. The lowest BCUT2D eigenvalue weighted by Crippen LogP contribution is -2.12. The van der Waals surface area contributed by atoms with Crippen molar-refractivity contribution in [2.45, 2.75) is 91.1 Å². The van der Waals surface area contributed by atoms with Crippen molar-refractivity contribution in [1.29, 1.82) is 0 Å². The van der Waals surface area contributed by atoms with Crippen molar-refractivity contribution in [2.24, 2.45) is 0 Å². The summed E-state index contributed by atoms with van der Waals surface area (Å²) in [6.45, 7) is 7.04. The van der Waals surface area contributed by atoms with Gasteiger partial charge in [0.25, 0.3) is 0 Å². The van der Waals surface area contributed by atoms with Crippen LogP contribution < -0.4 is 28.4 Å². The lowest BCUT2D eigenvalue weighted by Gasteiger charge is -2.14. The highest BCUT2D eigenvalue weighted by Gasteiger charge is 2.16. The second kappa shape index (κ2) is 23.1. The van der Waals surface area contributed by atoms with E-state index in [2.05, 4.69) is 13.8 Å². The molecule has 0 radical (unpaired) electrons. The highest BCUT2D eigenvalue weighted by molar-refractivity contribution is 5.94. The second-order valence-electron chi connectivity index (χ2n) is 14.2. The van der Waals surface area contributed by atoms with E-state index in [1.807, 2.05) is 6.92 Å². The van der Waals surface area contributed by atoms with Gasteiger partial charge in [0.1, 0.15) is 34.5 Å². The molecule has 0 unspecified atom stereocenters. The normalized spacial score (nSPS) is 11.2. The van der Waals surface area contributed by atoms with E-state index >= 15 is 0 Å². The third kappa shape index (κ3) is 14.5. The molecule has 0 saturated carbocycles. The van der Waals surface area contributed by atoms with Gasteiger partial charge in [-0.15, -0.1) is 0 Å². The van der Waals surface area contributed by atoms with E-state index in [1.165, 1.54) is 93.1 Å². The monoisotopic (exact) mass is 800 g/mol. The smallest absolute Gasteiger partial charge is 0.343 e. The molecule has 0 aromatic heterocycles. The van der Waals surface area contributed by atoms with Crippen LogP contribution in [0.15, 0.2) is 121 Å². The molecule has 0 saturated heterocycles. The molecule has 0 N–H and O–H groups in total. The predicted octanol–water partition coefficient (Wildman–Crippen LogP) is 11.7. The molecule has 5 aromatic rings. The summed E-state index contributed by atoms with van der Waals surface area (Å²) in [6, 6.07) is 31.6. The maximum atomic E-state index is 12.9. The minimum atomic E-state index is -0.663. The molecule has 1 atom stereocenters. The van der Waals surface area contributed by atoms with Crippen LogP contribution in [0.2, 0.25) is 0 Å². The van der Waals surface area contributed by atoms with Crippen LogP contribution in [0.1, 0.15) is 126 Å². The number of ether oxygens (including phenoxy) is 6. The van der Waals surface area contributed by atoms with Crippen LogP contribution in [0.25, 0.3) is 0 Å². The van der Waals surface area contributed by atoms with Gasteiger partial charge in [0.2, 0.25) is 0 Å². The van der Waals surface area contributed by atoms with Gasteiger partial charge in [0, 0.05) is 6.07 Å². The van der Waals surface area contributed by atoms with Gasteiger partial charge in [-0.05, 0) is 135 Å². The van der Waals surface area contributed by atoms with E-state index in [1.54, 1.807) is 66.7 Å². The molecule has 10 heteroatoms. The first-order valence-electron chi connectivity index (χ1n) is 20.4. The van der Waals surface area contributed by atoms with Crippen molar-refractivity contribution in [3.8, 4) is 34.5 Å². The summed E-state index contributed by atoms with van der Waals surface area (Å²) in [6.07, 6.45) is 11.5. The molecule has 0 fully saturated rings. The van der Waals surface area contributed by atoms with Crippen LogP contribution >= 0.6 is 0 Å². The van der Waals surface area contributed by atoms with Gasteiger partial charge in [-0.2, -0.15) is 0 Å². The largest absolute Gasteiger partial charge is 0.494 e. The summed E-state index contributed by atoms with van der Waals surface area (Å²) in [4.78, 5) is 51.3. The maximum absolute atomic E-state index is 12.9. The Balaban J connectivity index is 1.05. The lowest BCUT2D eigenvalue weighted by atomic mass is 10.1. The standard InChI is InChI=1S/C49H52O10/c1-4-6-8-10-12-33-54-40-25-17-36(18-26-40)46(50)56-42-29-21-38(22-30-42)48(52)58-44-15-13-16-45(34-44)59-49(53)39-23-31-43(32-24-39)57-47(51)37-19-27-41(28-20-37)55-35(3)14-11-9-7-5-2/h13,15-32,34-35H,4-12,14,33H2,1-3H3/t35-/m1/s1. The number of rotatable bonds is 22. The van der Waals surface area contributed by atoms with Gasteiger partial charge in [0.15, 0.2) is 0 Å². The Labute approximate surface area is 346 Å². The van der Waals surface area contributed by atoms with E-state index in [9.17, 15) is 19.2 Å². The van der Waals surface area contributed by atoms with Crippen LogP contribution in [0, 0.1) is 0 Å². The van der Waals surface area contributed by atoms with Crippen LogP contribution in [-0.4, -0.2) is 36.6 Å². The van der Waals surface area contributed by atoms with Crippen molar-refractivity contribution >= 4 is 23.9 Å². The zero-order valence-electron chi connectivity index (χ0n) is 34.0. The molecule has 5 aromatic carbocycles. The molecule has 0 spiro atoms. The van der Waals surface area contributed by atoms with E-state index in [0.717, 1.165) is 25.7 Å². The number of carbonyl (C=O) groups is 4. The Morgan fingerprint density at radius 3 is 1.24 bits per heavy atom. The number of hydrogen-bond donors (Lipinski definition) is 0. The Morgan fingerprint density at radius 2 is 0.797 bits per heavy atom. The van der Waals surface area contributed by atoms with Crippen molar-refractivity contribution in [1.82, 2.24) is 0 Å². The molecule has 0 bridgehead atoms. The van der Waals surface area contributed by atoms with E-state index in [-0.39, 0.29) is 40.2 Å². The first-order valence-corrected chi connectivity index (χ1v) is 20.4. The summed E-state index contributed by atoms with van der Waals surface area (Å²) in [7, 11) is 0. The molecule has 59 heavy (non-hydrogen) atoms. The summed E-state index contributed by atoms with van der Waals surface area (Å²) >= 11 is 0. The average Bonchev–Trinajstić information content (AvgIpc) is 3.24. The fourth-order valence-electron chi connectivity index (χ4n) is 5.99. The third-order valence-electron chi connectivity index (χ3n) is 9.33. The Kier molecular flexibility index (Phi) is 17.1. The summed E-state index contributed by atoms with van der Waals surface area (Å²) in [5.41, 5.74) is 1.16. The van der Waals surface area contributed by atoms with Crippen LogP contribution in [-0.2, 0) is 0 Å². The number of benzene rings is 5. The van der Waals surface area contributed by atoms with Crippen molar-refractivity contribution in [3.63, 3.8) is 0 Å². The minimum Gasteiger partial charge on any atom is -0.494 e. The zero-order valence-corrected chi connectivity index (χ0v) is 34.0. The van der Waals surface area contributed by atoms with Crippen molar-refractivity contribution < 1.29 is 47.6 Å². The molecule has 10 nitrogen and oxygen atoms in total. The Morgan fingerprint density at radius 1 is 0.424 bits per heavy atom. The van der Waals surface area contributed by atoms with Crippen molar-refractivity contribution in [2.75, 3.05) is 6.61 Å². The average molecular weight is 801 g/mol. The number of carbonyl (C=O) groups excluding carboxylic acids is 4. The molecular formula is C49H52O10. The Bertz CT molecular complexity index is 2090. The molecule has 0 aliphatic rings. The Hall–Kier alpha value is -6.42. The molecule has 0 amide bonds. The predicted molar refractivity (Wildman–Crippen MR) is 225 cm³/mol. The fourth-order valence-corrected chi connectivity index (χ4v) is 5.99. The molecule has 0 heterocycles. The SMILES string of the molecule is CCCCCCCOc1ccc(C(=O)Oc2ccc(C(=O)Oc3cccc(OC(=O)c4ccc(OC(=O)c5ccc(O[C@H](C)CCCCCC)cc5)cc4)c3)cc2)cc1. The fraction of sp³-hybridized carbons (Fsp3) is 0.306. The summed E-state index contributed by atoms with van der Waals surface area (Å²) in [5, 5.41) is 0. The summed E-state index contributed by atoms with van der Waals surface area (Å²) < 4.78 is 33.7.